The Morgan fingerprint density at radius 3 is 2.00 bits per heavy atom. The lowest BCUT2D eigenvalue weighted by molar-refractivity contribution is 1.26. The van der Waals surface area contributed by atoms with E-state index in [1.54, 1.807) is 22.7 Å². The smallest absolute Gasteiger partial charge is 0.124 e. The Hall–Kier alpha value is -2.30. The van der Waals surface area contributed by atoms with Crippen LogP contribution in [0.1, 0.15) is 5.69 Å². The van der Waals surface area contributed by atoms with Gasteiger partial charge in [-0.25, -0.2) is 9.97 Å². The van der Waals surface area contributed by atoms with Gasteiger partial charge in [0.05, 0.1) is 16.3 Å². The van der Waals surface area contributed by atoms with Crippen LogP contribution in [-0.2, 0) is 0 Å². The quantitative estimate of drug-likeness (QED) is 0.465. The Kier molecular flexibility index (Phi) is 3.77. The highest BCUT2D eigenvalue weighted by molar-refractivity contribution is 7.19. The summed E-state index contributed by atoms with van der Waals surface area (Å²) >= 11 is 3.39. The summed E-state index contributed by atoms with van der Waals surface area (Å²) in [7, 11) is 0. The number of aryl methyl sites for hydroxylation is 1. The van der Waals surface area contributed by atoms with E-state index in [4.69, 9.17) is 9.97 Å². The number of hydrogen-bond donors (Lipinski definition) is 0. The van der Waals surface area contributed by atoms with Gasteiger partial charge in [0, 0.05) is 16.5 Å². The molecule has 0 fully saturated rings. The van der Waals surface area contributed by atoms with Crippen molar-refractivity contribution in [2.24, 2.45) is 0 Å². The monoisotopic (exact) mass is 334 g/mol. The largest absolute Gasteiger partial charge is 0.241 e. The molecule has 4 heteroatoms. The highest BCUT2D eigenvalue weighted by atomic mass is 32.1. The number of rotatable bonds is 3. The standard InChI is InChI=1S/C19H14N2S2/c1-13-17(23-19(20-13)15-10-6-3-7-11-15)16-12-22-18(21-16)14-8-4-2-5-9-14/h2-12H,1H3. The van der Waals surface area contributed by atoms with Gasteiger partial charge < -0.3 is 0 Å². The third-order valence-corrected chi connectivity index (χ3v) is 5.70. The SMILES string of the molecule is Cc1nc(-c2ccccc2)sc1-c1csc(-c2ccccc2)n1. The third-order valence-electron chi connectivity index (χ3n) is 3.57. The molecular weight excluding hydrogens is 320 g/mol. The van der Waals surface area contributed by atoms with E-state index >= 15 is 0 Å². The topological polar surface area (TPSA) is 25.8 Å². The fraction of sp³-hybridized carbons (Fsp3) is 0.0526. The van der Waals surface area contributed by atoms with E-state index < -0.39 is 0 Å². The van der Waals surface area contributed by atoms with E-state index in [2.05, 4.69) is 36.6 Å². The molecule has 2 heterocycles. The van der Waals surface area contributed by atoms with Gasteiger partial charge in [-0.3, -0.25) is 0 Å². The van der Waals surface area contributed by atoms with Gasteiger partial charge in [0.25, 0.3) is 0 Å². The first-order valence-corrected chi connectivity index (χ1v) is 9.05. The molecule has 0 unspecified atom stereocenters. The van der Waals surface area contributed by atoms with E-state index in [9.17, 15) is 0 Å². The van der Waals surface area contributed by atoms with Crippen LogP contribution in [0.2, 0.25) is 0 Å². The number of nitrogens with zero attached hydrogens (tertiary/aromatic N) is 2. The summed E-state index contributed by atoms with van der Waals surface area (Å²) in [5.41, 5.74) is 4.38. The fourth-order valence-corrected chi connectivity index (χ4v) is 4.35. The summed E-state index contributed by atoms with van der Waals surface area (Å²) in [5, 5.41) is 4.22. The zero-order valence-corrected chi connectivity index (χ0v) is 14.2. The maximum Gasteiger partial charge on any atom is 0.124 e. The van der Waals surface area contributed by atoms with E-state index in [0.29, 0.717) is 0 Å². The summed E-state index contributed by atoms with van der Waals surface area (Å²) in [6.07, 6.45) is 0. The number of aromatic nitrogens is 2. The van der Waals surface area contributed by atoms with E-state index in [1.165, 1.54) is 0 Å². The van der Waals surface area contributed by atoms with Crippen LogP contribution in [0.15, 0.2) is 66.0 Å². The first-order chi connectivity index (χ1) is 11.3. The van der Waals surface area contributed by atoms with Crippen molar-refractivity contribution in [1.82, 2.24) is 9.97 Å². The van der Waals surface area contributed by atoms with Gasteiger partial charge in [0.1, 0.15) is 10.0 Å². The van der Waals surface area contributed by atoms with Crippen molar-refractivity contribution in [2.45, 2.75) is 6.92 Å². The zero-order chi connectivity index (χ0) is 15.6. The summed E-state index contributed by atoms with van der Waals surface area (Å²) in [5.74, 6) is 0. The normalized spacial score (nSPS) is 10.8. The highest BCUT2D eigenvalue weighted by Gasteiger charge is 2.14. The van der Waals surface area contributed by atoms with Gasteiger partial charge >= 0.3 is 0 Å². The molecule has 0 aliphatic carbocycles. The van der Waals surface area contributed by atoms with Crippen molar-refractivity contribution >= 4 is 22.7 Å². The van der Waals surface area contributed by atoms with Crippen LogP contribution in [-0.4, -0.2) is 9.97 Å². The molecule has 0 aliphatic heterocycles. The van der Waals surface area contributed by atoms with Crippen molar-refractivity contribution in [3.8, 4) is 31.7 Å². The van der Waals surface area contributed by atoms with Crippen LogP contribution in [0, 0.1) is 6.92 Å². The summed E-state index contributed by atoms with van der Waals surface area (Å²) in [6.45, 7) is 2.06. The Balaban J connectivity index is 1.72. The van der Waals surface area contributed by atoms with E-state index in [-0.39, 0.29) is 0 Å². The van der Waals surface area contributed by atoms with Crippen LogP contribution in [0.5, 0.6) is 0 Å². The van der Waals surface area contributed by atoms with Crippen molar-refractivity contribution < 1.29 is 0 Å². The maximum atomic E-state index is 4.81. The molecule has 4 rings (SSSR count). The van der Waals surface area contributed by atoms with Gasteiger partial charge in [-0.05, 0) is 6.92 Å². The molecule has 2 nitrogen and oxygen atoms in total. The molecule has 0 N–H and O–H groups in total. The van der Waals surface area contributed by atoms with Gasteiger partial charge in [-0.15, -0.1) is 22.7 Å². The molecule has 0 amide bonds. The molecule has 0 spiro atoms. The predicted octanol–water partition coefficient (Wildman–Crippen LogP) is 5.91. The first kappa shape index (κ1) is 14.3. The van der Waals surface area contributed by atoms with Gasteiger partial charge in [-0.2, -0.15) is 0 Å². The predicted molar refractivity (Wildman–Crippen MR) is 98.8 cm³/mol. The lowest BCUT2D eigenvalue weighted by Gasteiger charge is -1.94. The molecule has 0 atom stereocenters. The van der Waals surface area contributed by atoms with Crippen LogP contribution >= 0.6 is 22.7 Å². The first-order valence-electron chi connectivity index (χ1n) is 7.35. The minimum atomic E-state index is 1.02. The Bertz CT molecular complexity index is 924. The second-order valence-electron chi connectivity index (χ2n) is 5.20. The molecule has 0 saturated carbocycles. The summed E-state index contributed by atoms with van der Waals surface area (Å²) in [6, 6.07) is 20.6. The summed E-state index contributed by atoms with van der Waals surface area (Å²) in [4.78, 5) is 10.7. The van der Waals surface area contributed by atoms with Crippen LogP contribution in [0.25, 0.3) is 31.7 Å². The minimum Gasteiger partial charge on any atom is -0.241 e. The van der Waals surface area contributed by atoms with E-state index in [1.807, 2.05) is 36.4 Å². The highest BCUT2D eigenvalue weighted by Crippen LogP contribution is 2.37. The Morgan fingerprint density at radius 2 is 1.35 bits per heavy atom. The molecule has 2 aromatic carbocycles. The third kappa shape index (κ3) is 2.83. The molecule has 23 heavy (non-hydrogen) atoms. The second kappa shape index (κ2) is 6.07. The van der Waals surface area contributed by atoms with Crippen LogP contribution in [0.4, 0.5) is 0 Å². The zero-order valence-electron chi connectivity index (χ0n) is 12.6. The number of hydrogen-bond acceptors (Lipinski definition) is 4. The molecule has 4 aromatic rings. The Labute approximate surface area is 143 Å². The van der Waals surface area contributed by atoms with Crippen LogP contribution < -0.4 is 0 Å². The molecule has 0 saturated heterocycles. The van der Waals surface area contributed by atoms with Crippen molar-refractivity contribution in [2.75, 3.05) is 0 Å². The lowest BCUT2D eigenvalue weighted by atomic mass is 10.2. The van der Waals surface area contributed by atoms with Crippen molar-refractivity contribution in [3.05, 3.63) is 71.7 Å². The molecule has 0 bridgehead atoms. The average Bonchev–Trinajstić information content (AvgIpc) is 3.23. The molecule has 0 aliphatic rings. The van der Waals surface area contributed by atoms with Crippen molar-refractivity contribution in [1.29, 1.82) is 0 Å². The van der Waals surface area contributed by atoms with Gasteiger partial charge in [0.2, 0.25) is 0 Å². The fourth-order valence-electron chi connectivity index (χ4n) is 2.43. The van der Waals surface area contributed by atoms with Crippen LogP contribution in [0.3, 0.4) is 0 Å². The minimum absolute atomic E-state index is 1.02. The molecule has 0 radical (unpaired) electrons. The Morgan fingerprint density at radius 1 is 0.739 bits per heavy atom. The molecule has 112 valence electrons. The van der Waals surface area contributed by atoms with Gasteiger partial charge in [0.15, 0.2) is 0 Å². The molecular formula is C19H14N2S2. The van der Waals surface area contributed by atoms with Crippen molar-refractivity contribution in [3.63, 3.8) is 0 Å². The van der Waals surface area contributed by atoms with Gasteiger partial charge in [-0.1, -0.05) is 60.7 Å². The number of benzene rings is 2. The lowest BCUT2D eigenvalue weighted by Crippen LogP contribution is -1.79. The number of thiazole rings is 2. The average molecular weight is 334 g/mol. The molecule has 2 aromatic heterocycles. The summed E-state index contributed by atoms with van der Waals surface area (Å²) < 4.78 is 0. The second-order valence-corrected chi connectivity index (χ2v) is 7.06. The maximum absolute atomic E-state index is 4.81. The van der Waals surface area contributed by atoms with E-state index in [0.717, 1.165) is 37.4 Å².